The van der Waals surface area contributed by atoms with E-state index in [1.165, 1.54) is 4.90 Å². The average molecular weight is 398 g/mol. The van der Waals surface area contributed by atoms with Gasteiger partial charge in [0.25, 0.3) is 5.91 Å². The number of carbonyl (C=O) groups excluding carboxylic acids is 2. The van der Waals surface area contributed by atoms with Crippen molar-refractivity contribution in [1.82, 2.24) is 10.2 Å². The summed E-state index contributed by atoms with van der Waals surface area (Å²) in [5.74, 6) is 0.634. The van der Waals surface area contributed by atoms with Gasteiger partial charge in [0.1, 0.15) is 5.75 Å². The Bertz CT molecular complexity index is 954. The quantitative estimate of drug-likeness (QED) is 0.854. The number of hydrogen-bond acceptors (Lipinski definition) is 3. The number of anilines is 1. The van der Waals surface area contributed by atoms with E-state index in [0.29, 0.717) is 29.4 Å². The minimum atomic E-state index is -0.504. The molecule has 6 nitrogen and oxygen atoms in total. The van der Waals surface area contributed by atoms with E-state index in [0.717, 1.165) is 17.0 Å². The lowest BCUT2D eigenvalue weighted by Crippen LogP contribution is -2.45. The number of benzene rings is 2. The van der Waals surface area contributed by atoms with E-state index in [9.17, 15) is 9.59 Å². The second-order valence-electron chi connectivity index (χ2n) is 6.67. The summed E-state index contributed by atoms with van der Waals surface area (Å²) in [6.07, 6.45) is 0. The van der Waals surface area contributed by atoms with Crippen molar-refractivity contribution >= 4 is 29.2 Å². The fourth-order valence-electron chi connectivity index (χ4n) is 3.57. The van der Waals surface area contributed by atoms with Gasteiger partial charge in [-0.25, -0.2) is 4.79 Å². The summed E-state index contributed by atoms with van der Waals surface area (Å²) in [7, 11) is 1.68. The van der Waals surface area contributed by atoms with Crippen LogP contribution in [0, 0.1) is 0 Å². The molecule has 3 amide bonds. The molecule has 28 heavy (non-hydrogen) atoms. The lowest BCUT2D eigenvalue weighted by molar-refractivity contribution is -0.114. The number of nitrogens with one attached hydrogen (secondary N) is 1. The van der Waals surface area contributed by atoms with Gasteiger partial charge in [-0.15, -0.1) is 0 Å². The number of amides is 3. The highest BCUT2D eigenvalue weighted by Gasteiger charge is 2.43. The monoisotopic (exact) mass is 397 g/mol. The standard InChI is InChI=1S/C21H20ClN3O3/c1-3-28-16-10-8-15(9-11-16)25-12-17-18(20(25)26)19(23-21(27)24(17)2)13-4-6-14(22)7-5-13/h4-11,19H,3,12H2,1-2H3,(H,23,27)/t19-/m1/s1. The first kappa shape index (κ1) is 18.4. The molecule has 1 atom stereocenters. The number of rotatable bonds is 4. The molecule has 2 aromatic rings. The Balaban J connectivity index is 1.68. The summed E-state index contributed by atoms with van der Waals surface area (Å²) >= 11 is 5.99. The summed E-state index contributed by atoms with van der Waals surface area (Å²) in [6.45, 7) is 2.85. The summed E-state index contributed by atoms with van der Waals surface area (Å²) < 4.78 is 5.47. The first-order valence-electron chi connectivity index (χ1n) is 9.07. The van der Waals surface area contributed by atoms with Crippen molar-refractivity contribution in [2.75, 3.05) is 25.1 Å². The number of carbonyl (C=O) groups is 2. The van der Waals surface area contributed by atoms with Crippen LogP contribution in [0.15, 0.2) is 59.8 Å². The molecule has 0 spiro atoms. The van der Waals surface area contributed by atoms with Crippen LogP contribution in [-0.2, 0) is 4.79 Å². The third-order valence-corrected chi connectivity index (χ3v) is 5.28. The maximum Gasteiger partial charge on any atom is 0.322 e. The van der Waals surface area contributed by atoms with Crippen LogP contribution in [0.5, 0.6) is 5.75 Å². The highest BCUT2D eigenvalue weighted by Crippen LogP contribution is 2.38. The normalized spacial score (nSPS) is 19.0. The first-order chi connectivity index (χ1) is 13.5. The van der Waals surface area contributed by atoms with Crippen molar-refractivity contribution in [3.8, 4) is 5.75 Å². The third-order valence-electron chi connectivity index (χ3n) is 5.02. The summed E-state index contributed by atoms with van der Waals surface area (Å²) in [5.41, 5.74) is 2.87. The van der Waals surface area contributed by atoms with Gasteiger partial charge in [-0.2, -0.15) is 0 Å². The Morgan fingerprint density at radius 1 is 1.11 bits per heavy atom. The van der Waals surface area contributed by atoms with Gasteiger partial charge in [0.05, 0.1) is 30.5 Å². The van der Waals surface area contributed by atoms with Crippen LogP contribution in [0.4, 0.5) is 10.5 Å². The molecule has 7 heteroatoms. The summed E-state index contributed by atoms with van der Waals surface area (Å²) in [5, 5.41) is 3.52. The lowest BCUT2D eigenvalue weighted by atomic mass is 9.96. The molecule has 0 aromatic heterocycles. The highest BCUT2D eigenvalue weighted by atomic mass is 35.5. The molecule has 0 unspecified atom stereocenters. The smallest absolute Gasteiger partial charge is 0.322 e. The molecule has 0 fully saturated rings. The third kappa shape index (κ3) is 3.10. The molecule has 0 saturated carbocycles. The number of nitrogens with zero attached hydrogens (tertiary/aromatic N) is 2. The molecule has 2 aromatic carbocycles. The summed E-state index contributed by atoms with van der Waals surface area (Å²) in [6, 6.07) is 13.8. The minimum Gasteiger partial charge on any atom is -0.494 e. The Morgan fingerprint density at radius 2 is 1.79 bits per heavy atom. The van der Waals surface area contributed by atoms with E-state index in [4.69, 9.17) is 16.3 Å². The Labute approximate surface area is 168 Å². The van der Waals surface area contributed by atoms with Gasteiger partial charge < -0.3 is 15.0 Å². The predicted molar refractivity (Wildman–Crippen MR) is 107 cm³/mol. The fraction of sp³-hybridized carbons (Fsp3) is 0.238. The fourth-order valence-corrected chi connectivity index (χ4v) is 3.70. The van der Waals surface area contributed by atoms with Crippen molar-refractivity contribution in [2.45, 2.75) is 13.0 Å². The highest BCUT2D eigenvalue weighted by molar-refractivity contribution is 6.30. The van der Waals surface area contributed by atoms with Gasteiger partial charge in [0, 0.05) is 17.8 Å². The van der Waals surface area contributed by atoms with Crippen LogP contribution in [-0.4, -0.2) is 37.0 Å². The van der Waals surface area contributed by atoms with E-state index in [2.05, 4.69) is 5.32 Å². The SMILES string of the molecule is CCOc1ccc(N2CC3=C(C2=O)[C@@H](c2ccc(Cl)cc2)NC(=O)N3C)cc1. The second kappa shape index (κ2) is 7.20. The zero-order valence-corrected chi connectivity index (χ0v) is 16.4. The number of urea groups is 1. The molecule has 0 saturated heterocycles. The van der Waals surface area contributed by atoms with Crippen LogP contribution >= 0.6 is 11.6 Å². The molecule has 2 aliphatic rings. The number of hydrogen-bond donors (Lipinski definition) is 1. The van der Waals surface area contributed by atoms with Crippen molar-refractivity contribution in [2.24, 2.45) is 0 Å². The number of ether oxygens (including phenoxy) is 1. The maximum absolute atomic E-state index is 13.3. The van der Waals surface area contributed by atoms with Gasteiger partial charge in [0.2, 0.25) is 0 Å². The van der Waals surface area contributed by atoms with Crippen LogP contribution in [0.3, 0.4) is 0 Å². The van der Waals surface area contributed by atoms with Crippen LogP contribution < -0.4 is 15.0 Å². The minimum absolute atomic E-state index is 0.119. The van der Waals surface area contributed by atoms with E-state index in [1.807, 2.05) is 43.3 Å². The molecule has 0 radical (unpaired) electrons. The van der Waals surface area contributed by atoms with E-state index in [1.54, 1.807) is 24.1 Å². The largest absolute Gasteiger partial charge is 0.494 e. The maximum atomic E-state index is 13.3. The second-order valence-corrected chi connectivity index (χ2v) is 7.11. The molecular formula is C21H20ClN3O3. The van der Waals surface area contributed by atoms with Gasteiger partial charge in [-0.05, 0) is 48.9 Å². The molecule has 0 aliphatic carbocycles. The Morgan fingerprint density at radius 3 is 2.43 bits per heavy atom. The van der Waals surface area contributed by atoms with Crippen molar-refractivity contribution in [3.05, 3.63) is 70.4 Å². The van der Waals surface area contributed by atoms with Gasteiger partial charge >= 0.3 is 6.03 Å². The van der Waals surface area contributed by atoms with Crippen molar-refractivity contribution < 1.29 is 14.3 Å². The Hall–Kier alpha value is -2.99. The molecule has 4 rings (SSSR count). The Kier molecular flexibility index (Phi) is 4.73. The van der Waals surface area contributed by atoms with E-state index < -0.39 is 6.04 Å². The van der Waals surface area contributed by atoms with Crippen molar-refractivity contribution in [1.29, 1.82) is 0 Å². The molecule has 1 N–H and O–H groups in total. The zero-order valence-electron chi connectivity index (χ0n) is 15.6. The summed E-state index contributed by atoms with van der Waals surface area (Å²) in [4.78, 5) is 28.9. The van der Waals surface area contributed by atoms with Crippen LogP contribution in [0.25, 0.3) is 0 Å². The van der Waals surface area contributed by atoms with E-state index in [-0.39, 0.29) is 11.9 Å². The zero-order chi connectivity index (χ0) is 19.8. The van der Waals surface area contributed by atoms with Crippen molar-refractivity contribution in [3.63, 3.8) is 0 Å². The molecule has 0 bridgehead atoms. The van der Waals surface area contributed by atoms with Gasteiger partial charge in [-0.3, -0.25) is 9.69 Å². The van der Waals surface area contributed by atoms with Gasteiger partial charge in [0.15, 0.2) is 0 Å². The number of halogens is 1. The molecule has 2 aliphatic heterocycles. The van der Waals surface area contributed by atoms with Gasteiger partial charge in [-0.1, -0.05) is 23.7 Å². The molecule has 144 valence electrons. The predicted octanol–water partition coefficient (Wildman–Crippen LogP) is 3.74. The number of likely N-dealkylation sites (N-methyl/N-ethyl adjacent to an activating group) is 1. The van der Waals surface area contributed by atoms with E-state index >= 15 is 0 Å². The van der Waals surface area contributed by atoms with Crippen LogP contribution in [0.1, 0.15) is 18.5 Å². The molecule has 2 heterocycles. The first-order valence-corrected chi connectivity index (χ1v) is 9.45. The topological polar surface area (TPSA) is 61.9 Å². The lowest BCUT2D eigenvalue weighted by Gasteiger charge is -2.31. The molecular weight excluding hydrogens is 378 g/mol. The average Bonchev–Trinajstić information content (AvgIpc) is 3.04. The van der Waals surface area contributed by atoms with Crippen LogP contribution in [0.2, 0.25) is 5.02 Å².